The molecular formula is C30H28N4O3. The van der Waals surface area contributed by atoms with Crippen LogP contribution in [-0.2, 0) is 17.6 Å². The number of nitrogens with zero attached hydrogens (tertiary/aromatic N) is 3. The number of carbonyl (C=O) groups excluding carboxylic acids is 3. The van der Waals surface area contributed by atoms with Crippen LogP contribution in [0.4, 0.5) is 4.79 Å². The van der Waals surface area contributed by atoms with Gasteiger partial charge in [-0.15, -0.1) is 0 Å². The Hall–Kier alpha value is -4.52. The van der Waals surface area contributed by atoms with E-state index in [0.717, 1.165) is 21.7 Å². The van der Waals surface area contributed by atoms with Crippen molar-refractivity contribution in [3.8, 4) is 5.82 Å². The fraction of sp³-hybridized carbons (Fsp3) is 0.200. The van der Waals surface area contributed by atoms with Gasteiger partial charge in [-0.25, -0.2) is 9.78 Å². The molecule has 2 aromatic heterocycles. The summed E-state index contributed by atoms with van der Waals surface area (Å²) < 4.78 is 1.90. The van der Waals surface area contributed by atoms with Crippen LogP contribution in [0.1, 0.15) is 32.9 Å². The summed E-state index contributed by atoms with van der Waals surface area (Å²) in [7, 11) is 0. The van der Waals surface area contributed by atoms with Crippen molar-refractivity contribution in [1.29, 1.82) is 0 Å². The number of urea groups is 1. The maximum Gasteiger partial charge on any atom is 0.325 e. The molecule has 0 radical (unpaired) electrons. The number of rotatable bonds is 8. The summed E-state index contributed by atoms with van der Waals surface area (Å²) in [4.78, 5) is 45.9. The van der Waals surface area contributed by atoms with Gasteiger partial charge < -0.3 is 9.88 Å². The fourth-order valence-corrected chi connectivity index (χ4v) is 5.12. The Morgan fingerprint density at radius 1 is 0.865 bits per heavy atom. The number of hydrogen-bond donors (Lipinski definition) is 1. The van der Waals surface area contributed by atoms with Crippen molar-refractivity contribution in [2.75, 3.05) is 6.54 Å². The number of pyridine rings is 1. The van der Waals surface area contributed by atoms with Gasteiger partial charge in [0.2, 0.25) is 0 Å². The van der Waals surface area contributed by atoms with Crippen LogP contribution in [0.3, 0.4) is 0 Å². The van der Waals surface area contributed by atoms with Crippen LogP contribution >= 0.6 is 0 Å². The monoisotopic (exact) mass is 492 g/mol. The van der Waals surface area contributed by atoms with Crippen molar-refractivity contribution in [3.05, 3.63) is 119 Å². The third kappa shape index (κ3) is 4.68. The summed E-state index contributed by atoms with van der Waals surface area (Å²) in [6.45, 7) is 3.41. The van der Waals surface area contributed by atoms with E-state index in [1.807, 2.05) is 97.3 Å². The van der Waals surface area contributed by atoms with Gasteiger partial charge in [0, 0.05) is 36.0 Å². The molecule has 0 unspecified atom stereocenters. The average molecular weight is 493 g/mol. The Morgan fingerprint density at radius 2 is 1.46 bits per heavy atom. The fourth-order valence-electron chi connectivity index (χ4n) is 5.12. The number of aryl methyl sites for hydroxylation is 1. The molecule has 7 heteroatoms. The van der Waals surface area contributed by atoms with Gasteiger partial charge in [-0.05, 0) is 43.2 Å². The Morgan fingerprint density at radius 3 is 2.03 bits per heavy atom. The predicted molar refractivity (Wildman–Crippen MR) is 141 cm³/mol. The largest absolute Gasteiger partial charge is 0.325 e. The van der Waals surface area contributed by atoms with Gasteiger partial charge in [0.05, 0.1) is 6.54 Å². The van der Waals surface area contributed by atoms with E-state index in [1.54, 1.807) is 12.3 Å². The first-order valence-electron chi connectivity index (χ1n) is 12.2. The molecule has 7 nitrogen and oxygen atoms in total. The van der Waals surface area contributed by atoms with Crippen molar-refractivity contribution >= 4 is 17.7 Å². The lowest BCUT2D eigenvalue weighted by Crippen LogP contribution is -2.51. The number of nitrogens with one attached hydrogen (secondary N) is 1. The number of Topliss-reactive ketones (excluding diaryl/α,β-unsaturated/α-hetero) is 1. The van der Waals surface area contributed by atoms with Crippen LogP contribution in [0, 0.1) is 13.8 Å². The van der Waals surface area contributed by atoms with Crippen molar-refractivity contribution in [3.63, 3.8) is 0 Å². The van der Waals surface area contributed by atoms with E-state index in [-0.39, 0.29) is 12.3 Å². The molecule has 37 heavy (non-hydrogen) atoms. The summed E-state index contributed by atoms with van der Waals surface area (Å²) in [5.74, 6) is 0.0161. The number of ketones is 1. The molecule has 3 amide bonds. The van der Waals surface area contributed by atoms with Crippen molar-refractivity contribution < 1.29 is 14.4 Å². The zero-order chi connectivity index (χ0) is 26.0. The molecular weight excluding hydrogens is 464 g/mol. The van der Waals surface area contributed by atoms with E-state index in [9.17, 15) is 14.4 Å². The zero-order valence-corrected chi connectivity index (χ0v) is 20.8. The Bertz CT molecular complexity index is 1400. The van der Waals surface area contributed by atoms with Crippen molar-refractivity contribution in [2.24, 2.45) is 0 Å². The van der Waals surface area contributed by atoms with E-state index in [2.05, 4.69) is 10.3 Å². The topological polar surface area (TPSA) is 84.3 Å². The summed E-state index contributed by atoms with van der Waals surface area (Å²) >= 11 is 0. The highest BCUT2D eigenvalue weighted by atomic mass is 16.2. The highest BCUT2D eigenvalue weighted by Gasteiger charge is 2.51. The summed E-state index contributed by atoms with van der Waals surface area (Å²) in [6, 6.07) is 26.0. The highest BCUT2D eigenvalue weighted by Crippen LogP contribution is 2.28. The first-order valence-corrected chi connectivity index (χ1v) is 12.2. The van der Waals surface area contributed by atoms with Gasteiger partial charge in [0.15, 0.2) is 5.78 Å². The molecule has 1 fully saturated rings. The molecule has 0 atom stereocenters. The first-order chi connectivity index (χ1) is 17.9. The Balaban J connectivity index is 1.44. The number of amides is 3. The molecule has 2 aromatic carbocycles. The van der Waals surface area contributed by atoms with E-state index in [4.69, 9.17) is 0 Å². The van der Waals surface area contributed by atoms with Crippen LogP contribution in [0.2, 0.25) is 0 Å². The van der Waals surface area contributed by atoms with Crippen LogP contribution < -0.4 is 5.32 Å². The van der Waals surface area contributed by atoms with E-state index >= 15 is 0 Å². The molecule has 1 saturated heterocycles. The molecule has 1 aliphatic heterocycles. The summed E-state index contributed by atoms with van der Waals surface area (Å²) in [6.07, 6.45) is 2.35. The smallest absolute Gasteiger partial charge is 0.322 e. The third-order valence-corrected chi connectivity index (χ3v) is 6.85. The zero-order valence-electron chi connectivity index (χ0n) is 20.8. The van der Waals surface area contributed by atoms with Gasteiger partial charge in [-0.3, -0.25) is 14.5 Å². The number of benzene rings is 2. The first kappa shape index (κ1) is 24.2. The summed E-state index contributed by atoms with van der Waals surface area (Å²) in [5, 5.41) is 2.95. The Labute approximate surface area is 215 Å². The standard InChI is InChI=1S/C30H28N4O3/c1-21-17-25(22(2)34(21)27-15-9-10-16-31-27)26(35)20-33-28(36)30(32-29(33)37,18-23-11-5-3-6-12-23)19-24-13-7-4-8-14-24/h3-17H,18-20H2,1-2H3,(H,32,37). The maximum absolute atomic E-state index is 13.9. The second-order valence-corrected chi connectivity index (χ2v) is 9.46. The van der Waals surface area contributed by atoms with E-state index in [1.165, 1.54) is 0 Å². The second kappa shape index (κ2) is 9.85. The van der Waals surface area contributed by atoms with Gasteiger partial charge in [0.1, 0.15) is 11.4 Å². The quantitative estimate of drug-likeness (QED) is 0.291. The van der Waals surface area contributed by atoms with Gasteiger partial charge in [0.25, 0.3) is 5.91 Å². The minimum atomic E-state index is -1.18. The molecule has 5 rings (SSSR count). The normalized spacial score (nSPS) is 14.6. The van der Waals surface area contributed by atoms with Crippen molar-refractivity contribution in [1.82, 2.24) is 19.8 Å². The highest BCUT2D eigenvalue weighted by molar-refractivity contribution is 6.11. The lowest BCUT2D eigenvalue weighted by atomic mass is 9.84. The van der Waals surface area contributed by atoms with Gasteiger partial charge in [-0.1, -0.05) is 66.7 Å². The van der Waals surface area contributed by atoms with Gasteiger partial charge in [-0.2, -0.15) is 0 Å². The van der Waals surface area contributed by atoms with Crippen molar-refractivity contribution in [2.45, 2.75) is 32.2 Å². The number of imide groups is 1. The lowest BCUT2D eigenvalue weighted by Gasteiger charge is -2.27. The molecule has 0 bridgehead atoms. The minimum absolute atomic E-state index is 0.297. The lowest BCUT2D eigenvalue weighted by molar-refractivity contribution is -0.131. The molecule has 186 valence electrons. The van der Waals surface area contributed by atoms with Gasteiger partial charge >= 0.3 is 6.03 Å². The molecule has 1 N–H and O–H groups in total. The SMILES string of the molecule is Cc1cc(C(=O)CN2C(=O)NC(Cc3ccccc3)(Cc3ccccc3)C2=O)c(C)n1-c1ccccn1. The third-order valence-electron chi connectivity index (χ3n) is 6.85. The molecule has 0 aliphatic carbocycles. The molecule has 1 aliphatic rings. The predicted octanol–water partition coefficient (Wildman–Crippen LogP) is 4.45. The molecule has 0 spiro atoms. The van der Waals surface area contributed by atoms with Crippen LogP contribution in [0.25, 0.3) is 5.82 Å². The number of carbonyl (C=O) groups is 3. The minimum Gasteiger partial charge on any atom is -0.322 e. The molecule has 0 saturated carbocycles. The Kier molecular flexibility index (Phi) is 6.44. The summed E-state index contributed by atoms with van der Waals surface area (Å²) in [5.41, 5.74) is 2.71. The molecule has 4 aromatic rings. The maximum atomic E-state index is 13.9. The number of hydrogen-bond acceptors (Lipinski definition) is 4. The average Bonchev–Trinajstić information content (AvgIpc) is 3.32. The van der Waals surface area contributed by atoms with Crippen LogP contribution in [0.5, 0.6) is 0 Å². The second-order valence-electron chi connectivity index (χ2n) is 9.46. The van der Waals surface area contributed by atoms with Crippen LogP contribution in [-0.4, -0.2) is 44.3 Å². The van der Waals surface area contributed by atoms with Crippen LogP contribution in [0.15, 0.2) is 91.1 Å². The number of aromatic nitrogens is 2. The molecule has 3 heterocycles. The van der Waals surface area contributed by atoms with E-state index in [0.29, 0.717) is 29.9 Å². The van der Waals surface area contributed by atoms with E-state index < -0.39 is 17.5 Å².